The van der Waals surface area contributed by atoms with Gasteiger partial charge in [0.05, 0.1) is 0 Å². The van der Waals surface area contributed by atoms with Crippen LogP contribution in [0.4, 0.5) is 0 Å². The van der Waals surface area contributed by atoms with E-state index < -0.39 is 0 Å². The molecular formula is C9H15N. The molecule has 0 N–H and O–H groups in total. The van der Waals surface area contributed by atoms with Gasteiger partial charge < -0.3 is 0 Å². The van der Waals surface area contributed by atoms with Crippen molar-refractivity contribution in [1.29, 1.82) is 0 Å². The summed E-state index contributed by atoms with van der Waals surface area (Å²) in [5.74, 6) is 0. The molecule has 1 nitrogen and oxygen atoms in total. The molecule has 0 spiro atoms. The lowest BCUT2D eigenvalue weighted by molar-refractivity contribution is 0.258. The minimum absolute atomic E-state index is 0.697. The van der Waals surface area contributed by atoms with Crippen LogP contribution >= 0.6 is 0 Å². The Labute approximate surface area is 63.0 Å². The summed E-state index contributed by atoms with van der Waals surface area (Å²) < 4.78 is 0. The summed E-state index contributed by atoms with van der Waals surface area (Å²) in [7, 11) is 2.16. The van der Waals surface area contributed by atoms with E-state index in [0.29, 0.717) is 6.04 Å². The van der Waals surface area contributed by atoms with Gasteiger partial charge in [-0.05, 0) is 19.9 Å². The summed E-state index contributed by atoms with van der Waals surface area (Å²) in [6.07, 6.45) is 8.78. The van der Waals surface area contributed by atoms with Crippen molar-refractivity contribution in [2.45, 2.75) is 18.9 Å². The molecule has 0 fully saturated rings. The van der Waals surface area contributed by atoms with Crippen molar-refractivity contribution >= 4 is 0 Å². The van der Waals surface area contributed by atoms with Crippen molar-refractivity contribution < 1.29 is 0 Å². The van der Waals surface area contributed by atoms with Crippen LogP contribution in [0.15, 0.2) is 24.8 Å². The zero-order valence-corrected chi connectivity index (χ0v) is 6.59. The Morgan fingerprint density at radius 3 is 3.10 bits per heavy atom. The molecule has 0 aromatic rings. The zero-order chi connectivity index (χ0) is 7.40. The van der Waals surface area contributed by atoms with Crippen LogP contribution in [-0.2, 0) is 0 Å². The first-order valence-corrected chi connectivity index (χ1v) is 3.80. The summed E-state index contributed by atoms with van der Waals surface area (Å²) in [5.41, 5.74) is 0. The fourth-order valence-electron chi connectivity index (χ4n) is 1.29. The highest BCUT2D eigenvalue weighted by atomic mass is 15.1. The van der Waals surface area contributed by atoms with Crippen molar-refractivity contribution in [1.82, 2.24) is 4.90 Å². The molecule has 0 aromatic heterocycles. The summed E-state index contributed by atoms with van der Waals surface area (Å²) >= 11 is 0. The van der Waals surface area contributed by atoms with Crippen LogP contribution in [0.1, 0.15) is 12.8 Å². The van der Waals surface area contributed by atoms with Gasteiger partial charge >= 0.3 is 0 Å². The van der Waals surface area contributed by atoms with Gasteiger partial charge in [-0.2, -0.15) is 0 Å². The van der Waals surface area contributed by atoms with Crippen molar-refractivity contribution in [3.05, 3.63) is 24.8 Å². The molecule has 0 radical (unpaired) electrons. The highest BCUT2D eigenvalue weighted by molar-refractivity contribution is 4.96. The van der Waals surface area contributed by atoms with Crippen LogP contribution in [-0.4, -0.2) is 24.5 Å². The Bertz CT molecular complexity index is 138. The fourth-order valence-corrected chi connectivity index (χ4v) is 1.29. The molecule has 1 unspecified atom stereocenters. The Morgan fingerprint density at radius 1 is 1.70 bits per heavy atom. The maximum Gasteiger partial charge on any atom is 0.0164 e. The third-order valence-corrected chi connectivity index (χ3v) is 2.03. The van der Waals surface area contributed by atoms with Crippen LogP contribution in [0, 0.1) is 0 Å². The van der Waals surface area contributed by atoms with Crippen LogP contribution in [0.2, 0.25) is 0 Å². The number of hydrogen-bond donors (Lipinski definition) is 0. The molecule has 0 saturated heterocycles. The number of nitrogens with zero attached hydrogens (tertiary/aromatic N) is 1. The predicted molar refractivity (Wildman–Crippen MR) is 45.0 cm³/mol. The first kappa shape index (κ1) is 7.55. The maximum absolute atomic E-state index is 3.74. The topological polar surface area (TPSA) is 3.24 Å². The molecule has 0 bridgehead atoms. The van der Waals surface area contributed by atoms with Crippen LogP contribution < -0.4 is 0 Å². The smallest absolute Gasteiger partial charge is 0.0164 e. The molecular weight excluding hydrogens is 122 g/mol. The Kier molecular flexibility index (Phi) is 2.69. The minimum Gasteiger partial charge on any atom is -0.299 e. The van der Waals surface area contributed by atoms with Gasteiger partial charge in [0.2, 0.25) is 0 Å². The van der Waals surface area contributed by atoms with E-state index in [4.69, 9.17) is 0 Å². The van der Waals surface area contributed by atoms with Gasteiger partial charge in [0.25, 0.3) is 0 Å². The van der Waals surface area contributed by atoms with E-state index in [9.17, 15) is 0 Å². The molecule has 1 heterocycles. The van der Waals surface area contributed by atoms with E-state index >= 15 is 0 Å². The molecule has 0 saturated carbocycles. The van der Waals surface area contributed by atoms with Crippen LogP contribution in [0.3, 0.4) is 0 Å². The van der Waals surface area contributed by atoms with E-state index in [1.54, 1.807) is 0 Å². The summed E-state index contributed by atoms with van der Waals surface area (Å²) in [6.45, 7) is 4.83. The second-order valence-corrected chi connectivity index (χ2v) is 2.82. The lowest BCUT2D eigenvalue weighted by Gasteiger charge is -2.27. The Hall–Kier alpha value is -0.560. The molecule has 0 aromatic carbocycles. The summed E-state index contributed by atoms with van der Waals surface area (Å²) in [5, 5.41) is 0. The van der Waals surface area contributed by atoms with Crippen LogP contribution in [0.5, 0.6) is 0 Å². The number of hydrogen-bond acceptors (Lipinski definition) is 1. The third kappa shape index (κ3) is 1.71. The van der Waals surface area contributed by atoms with E-state index in [1.165, 1.54) is 6.42 Å². The largest absolute Gasteiger partial charge is 0.299 e. The van der Waals surface area contributed by atoms with E-state index in [1.807, 2.05) is 6.08 Å². The van der Waals surface area contributed by atoms with Gasteiger partial charge in [-0.15, -0.1) is 6.58 Å². The summed E-state index contributed by atoms with van der Waals surface area (Å²) in [4.78, 5) is 2.36. The molecule has 0 amide bonds. The quantitative estimate of drug-likeness (QED) is 0.525. The van der Waals surface area contributed by atoms with Crippen LogP contribution in [0.25, 0.3) is 0 Å². The molecule has 1 heteroatoms. The molecule has 1 aliphatic heterocycles. The van der Waals surface area contributed by atoms with Crippen molar-refractivity contribution in [3.8, 4) is 0 Å². The monoisotopic (exact) mass is 137 g/mol. The van der Waals surface area contributed by atoms with Gasteiger partial charge in [-0.1, -0.05) is 18.2 Å². The molecule has 10 heavy (non-hydrogen) atoms. The first-order chi connectivity index (χ1) is 4.84. The lowest BCUT2D eigenvalue weighted by Crippen LogP contribution is -2.33. The van der Waals surface area contributed by atoms with Gasteiger partial charge in [0, 0.05) is 12.6 Å². The van der Waals surface area contributed by atoms with Gasteiger partial charge in [-0.3, -0.25) is 4.90 Å². The second-order valence-electron chi connectivity index (χ2n) is 2.82. The second kappa shape index (κ2) is 3.57. The Morgan fingerprint density at radius 2 is 2.50 bits per heavy atom. The third-order valence-electron chi connectivity index (χ3n) is 2.03. The van der Waals surface area contributed by atoms with Crippen molar-refractivity contribution in [3.63, 3.8) is 0 Å². The molecule has 1 rings (SSSR count). The SMILES string of the molecule is C=CCC1CC=CCN1C. The van der Waals surface area contributed by atoms with Gasteiger partial charge in [0.1, 0.15) is 0 Å². The molecule has 56 valence electrons. The van der Waals surface area contributed by atoms with Gasteiger partial charge in [-0.25, -0.2) is 0 Å². The lowest BCUT2D eigenvalue weighted by atomic mass is 10.1. The minimum atomic E-state index is 0.697. The fraction of sp³-hybridized carbons (Fsp3) is 0.556. The van der Waals surface area contributed by atoms with E-state index in [0.717, 1.165) is 13.0 Å². The number of rotatable bonds is 2. The number of likely N-dealkylation sites (N-methyl/N-ethyl adjacent to an activating group) is 1. The molecule has 0 aliphatic carbocycles. The maximum atomic E-state index is 3.74. The molecule has 1 atom stereocenters. The average molecular weight is 137 g/mol. The standard InChI is InChI=1S/C9H15N/c1-3-6-9-7-4-5-8-10(9)2/h3-5,9H,1,6-8H2,2H3. The Balaban J connectivity index is 2.42. The average Bonchev–Trinajstić information content (AvgIpc) is 1.94. The predicted octanol–water partition coefficient (Wildman–Crippen LogP) is 1.82. The molecule has 1 aliphatic rings. The highest BCUT2D eigenvalue weighted by Gasteiger charge is 2.12. The first-order valence-electron chi connectivity index (χ1n) is 3.80. The van der Waals surface area contributed by atoms with Crippen molar-refractivity contribution in [2.24, 2.45) is 0 Å². The van der Waals surface area contributed by atoms with Gasteiger partial charge in [0.15, 0.2) is 0 Å². The highest BCUT2D eigenvalue weighted by Crippen LogP contribution is 2.12. The van der Waals surface area contributed by atoms with E-state index in [-0.39, 0.29) is 0 Å². The zero-order valence-electron chi connectivity index (χ0n) is 6.59. The van der Waals surface area contributed by atoms with Crippen molar-refractivity contribution in [2.75, 3.05) is 13.6 Å². The normalized spacial score (nSPS) is 26.7. The van der Waals surface area contributed by atoms with E-state index in [2.05, 4.69) is 30.7 Å². The summed E-state index contributed by atoms with van der Waals surface area (Å²) in [6, 6.07) is 0.697.